The molecule has 0 radical (unpaired) electrons. The number of hydrogen-bond acceptors (Lipinski definition) is 7. The highest BCUT2D eigenvalue weighted by molar-refractivity contribution is 8.00. The summed E-state index contributed by atoms with van der Waals surface area (Å²) >= 11 is 1.05. The van der Waals surface area contributed by atoms with Gasteiger partial charge in [-0.1, -0.05) is 18.0 Å². The van der Waals surface area contributed by atoms with Gasteiger partial charge in [-0.15, -0.1) is 0 Å². The Hall–Kier alpha value is -2.82. The summed E-state index contributed by atoms with van der Waals surface area (Å²) in [5.74, 6) is -3.19. The molecule has 3 aromatic rings. The second kappa shape index (κ2) is 7.95. The maximum Gasteiger partial charge on any atom is 0.278 e. The summed E-state index contributed by atoms with van der Waals surface area (Å²) in [6, 6.07) is 3.98. The van der Waals surface area contributed by atoms with Gasteiger partial charge in [0.2, 0.25) is 5.95 Å². The van der Waals surface area contributed by atoms with Gasteiger partial charge in [0.25, 0.3) is 11.5 Å². The van der Waals surface area contributed by atoms with Crippen molar-refractivity contribution in [2.24, 2.45) is 5.41 Å². The first-order valence-corrected chi connectivity index (χ1v) is 11.1. The molecule has 0 amide bonds. The van der Waals surface area contributed by atoms with E-state index in [0.29, 0.717) is 24.0 Å². The Balaban J connectivity index is 1.62. The summed E-state index contributed by atoms with van der Waals surface area (Å²) in [5, 5.41) is 0. The van der Waals surface area contributed by atoms with E-state index in [9.17, 15) is 18.0 Å². The molecule has 32 heavy (non-hydrogen) atoms. The van der Waals surface area contributed by atoms with Crippen molar-refractivity contribution in [1.82, 2.24) is 19.5 Å². The molecule has 0 bridgehead atoms. The van der Waals surface area contributed by atoms with Crippen LogP contribution in [0.4, 0.5) is 24.8 Å². The summed E-state index contributed by atoms with van der Waals surface area (Å²) in [5.41, 5.74) is 5.36. The number of aromatic nitrogens is 4. The Morgan fingerprint density at radius 3 is 2.62 bits per heavy atom. The monoisotopic (exact) mass is 464 g/mol. The van der Waals surface area contributed by atoms with Crippen LogP contribution in [-0.4, -0.2) is 31.2 Å². The number of anilines is 2. The van der Waals surface area contributed by atoms with Gasteiger partial charge in [-0.25, -0.2) is 23.1 Å². The highest BCUT2D eigenvalue weighted by atomic mass is 32.2. The topological polar surface area (TPSA) is 98.7 Å². The van der Waals surface area contributed by atoms with Crippen LogP contribution in [0.3, 0.4) is 0 Å². The summed E-state index contributed by atoms with van der Waals surface area (Å²) in [7, 11) is 0. The lowest BCUT2D eigenvalue weighted by molar-refractivity contribution is -0.0439. The molecule has 1 saturated carbocycles. The molecule has 0 spiro atoms. The lowest BCUT2D eigenvalue weighted by Gasteiger charge is -2.22. The third-order valence-electron chi connectivity index (χ3n) is 5.72. The van der Waals surface area contributed by atoms with Gasteiger partial charge in [-0.05, 0) is 45.7 Å². The van der Waals surface area contributed by atoms with Crippen LogP contribution >= 0.6 is 11.9 Å². The molecule has 1 aliphatic carbocycles. The zero-order valence-electron chi connectivity index (χ0n) is 17.8. The molecule has 4 rings (SSSR count). The second-order valence-electron chi connectivity index (χ2n) is 8.42. The molecule has 170 valence electrons. The number of nitrogens with zero attached hydrogens (tertiary/aromatic N) is 4. The van der Waals surface area contributed by atoms with E-state index < -0.39 is 22.7 Å². The number of alkyl halides is 2. The molecule has 0 saturated heterocycles. The number of nitrogen functional groups attached to an aromatic ring is 1. The van der Waals surface area contributed by atoms with E-state index in [1.807, 2.05) is 13.8 Å². The molecule has 2 aromatic heterocycles. The molecule has 11 heteroatoms. The number of fused-ring (bicyclic) bond motifs is 1. The number of rotatable bonds is 7. The van der Waals surface area contributed by atoms with E-state index in [1.165, 1.54) is 22.9 Å². The smallest absolute Gasteiger partial charge is 0.278 e. The third-order valence-corrected chi connectivity index (χ3v) is 6.79. The number of benzene rings is 1. The van der Waals surface area contributed by atoms with Crippen LogP contribution in [0, 0.1) is 11.2 Å². The van der Waals surface area contributed by atoms with Crippen molar-refractivity contribution in [1.29, 1.82) is 0 Å². The third kappa shape index (κ3) is 4.01. The van der Waals surface area contributed by atoms with Gasteiger partial charge in [0.15, 0.2) is 5.65 Å². The van der Waals surface area contributed by atoms with E-state index in [-0.39, 0.29) is 34.7 Å². The van der Waals surface area contributed by atoms with Gasteiger partial charge in [0.1, 0.15) is 17.0 Å². The molecule has 1 aliphatic rings. The Labute approximate surface area is 186 Å². The molecule has 0 unspecified atom stereocenters. The molecule has 7 nitrogen and oxygen atoms in total. The molecular formula is C21H23F3N6OS. The van der Waals surface area contributed by atoms with Gasteiger partial charge in [-0.3, -0.25) is 9.36 Å². The van der Waals surface area contributed by atoms with Crippen molar-refractivity contribution in [3.63, 3.8) is 0 Å². The van der Waals surface area contributed by atoms with Crippen LogP contribution < -0.4 is 16.0 Å². The molecule has 2 heterocycles. The zero-order chi connectivity index (χ0) is 23.3. The first kappa shape index (κ1) is 22.4. The first-order chi connectivity index (χ1) is 15.0. The number of nitrogens with one attached hydrogen (secondary N) is 1. The predicted molar refractivity (Wildman–Crippen MR) is 120 cm³/mol. The molecule has 1 aromatic carbocycles. The Morgan fingerprint density at radius 1 is 1.31 bits per heavy atom. The molecule has 0 aliphatic heterocycles. The molecule has 1 fully saturated rings. The van der Waals surface area contributed by atoms with E-state index in [0.717, 1.165) is 18.9 Å². The molecule has 3 N–H and O–H groups in total. The SMILES string of the molecule is CC(C)n1c(=O)c(-c2ccc(NSCC3(C(C)(F)F)CC3)c(F)c2)nc2cnc(N)nc21. The minimum atomic E-state index is -2.77. The zero-order valence-corrected chi connectivity index (χ0v) is 18.6. The van der Waals surface area contributed by atoms with Gasteiger partial charge in [-0.2, -0.15) is 4.98 Å². The van der Waals surface area contributed by atoms with E-state index >= 15 is 0 Å². The van der Waals surface area contributed by atoms with Crippen molar-refractivity contribution in [3.8, 4) is 11.3 Å². The molecule has 0 atom stereocenters. The van der Waals surface area contributed by atoms with E-state index in [1.54, 1.807) is 6.07 Å². The van der Waals surface area contributed by atoms with Crippen LogP contribution in [0.5, 0.6) is 0 Å². The van der Waals surface area contributed by atoms with Crippen LogP contribution in [0.2, 0.25) is 0 Å². The van der Waals surface area contributed by atoms with Gasteiger partial charge in [0, 0.05) is 22.8 Å². The highest BCUT2D eigenvalue weighted by Gasteiger charge is 2.58. The maximum absolute atomic E-state index is 14.8. The first-order valence-electron chi connectivity index (χ1n) is 10.1. The second-order valence-corrected chi connectivity index (χ2v) is 9.20. The fraction of sp³-hybridized carbons (Fsp3) is 0.429. The van der Waals surface area contributed by atoms with Crippen LogP contribution in [0.15, 0.2) is 29.2 Å². The van der Waals surface area contributed by atoms with Gasteiger partial charge < -0.3 is 10.5 Å². The maximum atomic E-state index is 14.8. The fourth-order valence-corrected chi connectivity index (χ4v) is 4.75. The number of hydrogen-bond donors (Lipinski definition) is 2. The Bertz CT molecular complexity index is 1240. The minimum absolute atomic E-state index is 0.0219. The Morgan fingerprint density at radius 2 is 2.03 bits per heavy atom. The van der Waals surface area contributed by atoms with Crippen molar-refractivity contribution in [2.45, 2.75) is 45.6 Å². The summed E-state index contributed by atoms with van der Waals surface area (Å²) in [6.07, 6.45) is 2.33. The average molecular weight is 465 g/mol. The Kier molecular flexibility index (Phi) is 5.56. The van der Waals surface area contributed by atoms with Gasteiger partial charge in [0.05, 0.1) is 11.9 Å². The number of nitrogens with two attached hydrogens (primary N) is 1. The summed E-state index contributed by atoms with van der Waals surface area (Å²) in [6.45, 7) is 4.57. The minimum Gasteiger partial charge on any atom is -0.368 e. The van der Waals surface area contributed by atoms with Crippen molar-refractivity contribution in [2.75, 3.05) is 16.2 Å². The largest absolute Gasteiger partial charge is 0.368 e. The normalized spacial score (nSPS) is 15.3. The van der Waals surface area contributed by atoms with E-state index in [4.69, 9.17) is 5.73 Å². The molecular weight excluding hydrogens is 441 g/mol. The fourth-order valence-electron chi connectivity index (χ4n) is 3.54. The van der Waals surface area contributed by atoms with Crippen LogP contribution in [-0.2, 0) is 0 Å². The van der Waals surface area contributed by atoms with Gasteiger partial charge >= 0.3 is 0 Å². The number of halogens is 3. The quantitative estimate of drug-likeness (QED) is 0.491. The van der Waals surface area contributed by atoms with Crippen molar-refractivity contribution >= 4 is 34.7 Å². The van der Waals surface area contributed by atoms with Crippen molar-refractivity contribution in [3.05, 3.63) is 40.6 Å². The standard InChI is InChI=1S/C21H23F3N6OS/c1-11(2)30-17-15(9-26-19(25)28-17)27-16(18(30)31)12-4-5-14(13(22)8-12)29-32-10-21(6-7-21)20(3,23)24/h4-5,8-9,11,29H,6-7,10H2,1-3H3,(H2,25,26,28). The lowest BCUT2D eigenvalue weighted by atomic mass is 10.0. The van der Waals surface area contributed by atoms with Crippen LogP contribution in [0.25, 0.3) is 22.4 Å². The highest BCUT2D eigenvalue weighted by Crippen LogP contribution is 2.58. The lowest BCUT2D eigenvalue weighted by Crippen LogP contribution is -2.28. The van der Waals surface area contributed by atoms with Crippen LogP contribution in [0.1, 0.15) is 39.7 Å². The average Bonchev–Trinajstić information content (AvgIpc) is 3.49. The summed E-state index contributed by atoms with van der Waals surface area (Å²) < 4.78 is 46.4. The van der Waals surface area contributed by atoms with Crippen molar-refractivity contribution < 1.29 is 13.2 Å². The van der Waals surface area contributed by atoms with E-state index in [2.05, 4.69) is 19.7 Å². The predicted octanol–water partition coefficient (Wildman–Crippen LogP) is 4.65. The summed E-state index contributed by atoms with van der Waals surface area (Å²) in [4.78, 5) is 25.5.